The molecule has 1 saturated heterocycles. The monoisotopic (exact) mass is 332 g/mol. The largest absolute Gasteiger partial charge is 0.480 e. The van der Waals surface area contributed by atoms with Crippen LogP contribution in [0.4, 0.5) is 4.79 Å². The van der Waals surface area contributed by atoms with Crippen LogP contribution in [0.15, 0.2) is 18.2 Å². The smallest absolute Gasteiger partial charge is 0.326 e. The first kappa shape index (κ1) is 16.8. The van der Waals surface area contributed by atoms with Gasteiger partial charge in [-0.25, -0.2) is 9.59 Å². The summed E-state index contributed by atoms with van der Waals surface area (Å²) < 4.78 is 5.46. The molecule has 6 heteroatoms. The van der Waals surface area contributed by atoms with Gasteiger partial charge in [0.05, 0.1) is 13.2 Å². The topological polar surface area (TPSA) is 78.9 Å². The van der Waals surface area contributed by atoms with E-state index in [-0.39, 0.29) is 6.03 Å². The number of hydrogen-bond donors (Lipinski definition) is 2. The Morgan fingerprint density at radius 3 is 3.04 bits per heavy atom. The zero-order valence-corrected chi connectivity index (χ0v) is 14.0. The summed E-state index contributed by atoms with van der Waals surface area (Å²) in [5.74, 6) is -0.595. The Balaban J connectivity index is 1.66. The number of fused-ring (bicyclic) bond motifs is 1. The number of benzene rings is 1. The predicted molar refractivity (Wildman–Crippen MR) is 88.6 cm³/mol. The second-order valence-corrected chi connectivity index (χ2v) is 6.69. The highest BCUT2D eigenvalue weighted by Crippen LogP contribution is 2.24. The highest BCUT2D eigenvalue weighted by Gasteiger charge is 2.34. The molecule has 1 fully saturated rings. The number of likely N-dealkylation sites (tertiary alicyclic amines) is 1. The zero-order valence-electron chi connectivity index (χ0n) is 14.0. The summed E-state index contributed by atoms with van der Waals surface area (Å²) in [5, 5.41) is 12.3. The molecule has 0 aromatic heterocycles. The molecule has 2 aliphatic heterocycles. The second-order valence-electron chi connectivity index (χ2n) is 6.69. The molecule has 0 radical (unpaired) electrons. The fourth-order valence-corrected chi connectivity index (χ4v) is 3.56. The number of carboxylic acid groups (broad SMARTS) is 1. The molecule has 24 heavy (non-hydrogen) atoms. The van der Waals surface area contributed by atoms with Crippen molar-refractivity contribution < 1.29 is 19.4 Å². The maximum Gasteiger partial charge on any atom is 0.326 e. The minimum Gasteiger partial charge on any atom is -0.480 e. The van der Waals surface area contributed by atoms with Crippen LogP contribution >= 0.6 is 0 Å². The lowest BCUT2D eigenvalue weighted by Crippen LogP contribution is -2.53. The summed E-state index contributed by atoms with van der Waals surface area (Å²) in [6.45, 7) is 4.25. The maximum absolute atomic E-state index is 12.5. The molecule has 2 N–H and O–H groups in total. The Hall–Kier alpha value is -2.08. The van der Waals surface area contributed by atoms with Crippen molar-refractivity contribution in [3.05, 3.63) is 34.9 Å². The highest BCUT2D eigenvalue weighted by molar-refractivity contribution is 5.82. The first-order chi connectivity index (χ1) is 11.6. The number of urea groups is 1. The molecule has 2 aliphatic rings. The molecule has 2 heterocycles. The van der Waals surface area contributed by atoms with E-state index in [1.807, 2.05) is 25.1 Å². The van der Waals surface area contributed by atoms with Gasteiger partial charge in [-0.05, 0) is 41.9 Å². The summed E-state index contributed by atoms with van der Waals surface area (Å²) in [6, 6.07) is 5.01. The van der Waals surface area contributed by atoms with Gasteiger partial charge in [0.15, 0.2) is 0 Å². The van der Waals surface area contributed by atoms with Crippen LogP contribution in [0.2, 0.25) is 0 Å². The number of piperidine rings is 1. The Labute approximate surface area is 141 Å². The number of carboxylic acids is 1. The van der Waals surface area contributed by atoms with E-state index >= 15 is 0 Å². The van der Waals surface area contributed by atoms with Gasteiger partial charge in [-0.3, -0.25) is 0 Å². The number of nitrogens with zero attached hydrogens (tertiary/aromatic N) is 1. The van der Waals surface area contributed by atoms with Gasteiger partial charge in [-0.15, -0.1) is 0 Å². The Morgan fingerprint density at radius 1 is 1.42 bits per heavy atom. The van der Waals surface area contributed by atoms with E-state index in [1.54, 1.807) is 0 Å². The maximum atomic E-state index is 12.5. The van der Waals surface area contributed by atoms with Crippen LogP contribution in [0, 0.1) is 5.92 Å². The number of carbonyl (C=O) groups excluding carboxylic acids is 1. The molecular weight excluding hydrogens is 308 g/mol. The number of rotatable bonds is 3. The van der Waals surface area contributed by atoms with Gasteiger partial charge in [-0.1, -0.05) is 25.1 Å². The molecule has 1 aromatic carbocycles. The fraction of sp³-hybridized carbons (Fsp3) is 0.556. The van der Waals surface area contributed by atoms with Gasteiger partial charge >= 0.3 is 12.0 Å². The Bertz CT molecular complexity index is 631. The fourth-order valence-electron chi connectivity index (χ4n) is 3.56. The molecule has 1 aromatic rings. The predicted octanol–water partition coefficient (Wildman–Crippen LogP) is 2.15. The molecule has 0 aliphatic carbocycles. The molecule has 2 unspecified atom stereocenters. The minimum absolute atomic E-state index is 0.293. The third kappa shape index (κ3) is 3.53. The first-order valence-corrected chi connectivity index (χ1v) is 8.51. The second kappa shape index (κ2) is 7.21. The highest BCUT2D eigenvalue weighted by atomic mass is 16.5. The van der Waals surface area contributed by atoms with Crippen LogP contribution in [0.3, 0.4) is 0 Å². The van der Waals surface area contributed by atoms with Crippen LogP contribution in [-0.2, 0) is 29.1 Å². The molecule has 6 nitrogen and oxygen atoms in total. The van der Waals surface area contributed by atoms with Crippen molar-refractivity contribution in [2.45, 2.75) is 45.4 Å². The number of ether oxygens (including phenoxy) is 1. The third-order valence-corrected chi connectivity index (χ3v) is 4.96. The molecule has 0 saturated carbocycles. The van der Waals surface area contributed by atoms with Crippen LogP contribution in [0.5, 0.6) is 0 Å². The number of nitrogens with one attached hydrogen (secondary N) is 1. The number of aliphatic carboxylic acids is 1. The van der Waals surface area contributed by atoms with Gasteiger partial charge in [0.2, 0.25) is 0 Å². The molecular formula is C18H24N2O4. The van der Waals surface area contributed by atoms with E-state index in [0.717, 1.165) is 18.4 Å². The van der Waals surface area contributed by atoms with Gasteiger partial charge in [0.1, 0.15) is 6.04 Å². The molecule has 0 bridgehead atoms. The molecule has 130 valence electrons. The average Bonchev–Trinajstić information content (AvgIpc) is 2.59. The zero-order chi connectivity index (χ0) is 17.1. The van der Waals surface area contributed by atoms with Gasteiger partial charge in [0, 0.05) is 13.1 Å². The average molecular weight is 332 g/mol. The third-order valence-electron chi connectivity index (χ3n) is 4.96. The summed E-state index contributed by atoms with van der Waals surface area (Å²) in [4.78, 5) is 25.4. The van der Waals surface area contributed by atoms with Crippen LogP contribution in [0.25, 0.3) is 0 Å². The molecule has 2 amide bonds. The molecule has 0 spiro atoms. The SMILES string of the molecule is CC1CCN(C(=O)NCc2cccc3c2CCOC3)C(C(=O)O)C1. The van der Waals surface area contributed by atoms with Crippen molar-refractivity contribution in [1.82, 2.24) is 10.2 Å². The lowest BCUT2D eigenvalue weighted by molar-refractivity contribution is -0.143. The van der Waals surface area contributed by atoms with Crippen molar-refractivity contribution in [2.24, 2.45) is 5.92 Å². The van der Waals surface area contributed by atoms with Gasteiger partial charge in [0.25, 0.3) is 0 Å². The van der Waals surface area contributed by atoms with Gasteiger partial charge in [-0.2, -0.15) is 0 Å². The van der Waals surface area contributed by atoms with E-state index in [4.69, 9.17) is 4.74 Å². The van der Waals surface area contributed by atoms with E-state index in [2.05, 4.69) is 5.32 Å². The van der Waals surface area contributed by atoms with Crippen LogP contribution < -0.4 is 5.32 Å². The summed E-state index contributed by atoms with van der Waals surface area (Å²) in [6.07, 6.45) is 2.20. The Morgan fingerprint density at radius 2 is 2.25 bits per heavy atom. The summed E-state index contributed by atoms with van der Waals surface area (Å²) in [5.41, 5.74) is 3.50. The molecule has 2 atom stereocenters. The van der Waals surface area contributed by atoms with Crippen molar-refractivity contribution >= 4 is 12.0 Å². The van der Waals surface area contributed by atoms with Crippen molar-refractivity contribution in [1.29, 1.82) is 0 Å². The Kier molecular flexibility index (Phi) is 5.04. The molecule has 3 rings (SSSR count). The lowest BCUT2D eigenvalue weighted by Gasteiger charge is -2.36. The standard InChI is InChI=1S/C18H24N2O4/c1-12-5-7-20(16(9-12)17(21)22)18(23)19-10-13-3-2-4-14-11-24-8-6-15(13)14/h2-4,12,16H,5-11H2,1H3,(H,19,23)(H,21,22). The number of hydrogen-bond acceptors (Lipinski definition) is 3. The van der Waals surface area contributed by atoms with E-state index in [1.165, 1.54) is 16.0 Å². The van der Waals surface area contributed by atoms with E-state index in [0.29, 0.717) is 38.6 Å². The van der Waals surface area contributed by atoms with Crippen molar-refractivity contribution in [2.75, 3.05) is 13.2 Å². The minimum atomic E-state index is -0.925. The van der Waals surface area contributed by atoms with Crippen molar-refractivity contribution in [3.63, 3.8) is 0 Å². The quantitative estimate of drug-likeness (QED) is 0.889. The van der Waals surface area contributed by atoms with Gasteiger partial charge < -0.3 is 20.1 Å². The lowest BCUT2D eigenvalue weighted by atomic mass is 9.92. The summed E-state index contributed by atoms with van der Waals surface area (Å²) in [7, 11) is 0. The summed E-state index contributed by atoms with van der Waals surface area (Å²) >= 11 is 0. The normalized spacial score (nSPS) is 23.5. The number of carbonyl (C=O) groups is 2. The van der Waals surface area contributed by atoms with E-state index < -0.39 is 12.0 Å². The van der Waals surface area contributed by atoms with E-state index in [9.17, 15) is 14.7 Å². The van der Waals surface area contributed by atoms with Crippen LogP contribution in [-0.4, -0.2) is 41.2 Å². The van der Waals surface area contributed by atoms with Crippen LogP contribution in [0.1, 0.15) is 36.5 Å². The first-order valence-electron chi connectivity index (χ1n) is 8.51. The van der Waals surface area contributed by atoms with Crippen molar-refractivity contribution in [3.8, 4) is 0 Å². The number of amides is 2.